The van der Waals surface area contributed by atoms with Crippen LogP contribution in [0.1, 0.15) is 12.8 Å². The first-order valence-corrected chi connectivity index (χ1v) is 6.56. The highest BCUT2D eigenvalue weighted by atomic mass is 16.8. The molecule has 114 valence electrons. The van der Waals surface area contributed by atoms with Crippen molar-refractivity contribution in [2.75, 3.05) is 39.6 Å². The lowest BCUT2D eigenvalue weighted by molar-refractivity contribution is 0.0305. The molecule has 2 atom stereocenters. The predicted molar refractivity (Wildman–Crippen MR) is 63.3 cm³/mol. The van der Waals surface area contributed by atoms with Gasteiger partial charge in [-0.05, 0) is 12.8 Å². The fourth-order valence-corrected chi connectivity index (χ4v) is 1.73. The van der Waals surface area contributed by atoms with E-state index in [4.69, 9.17) is 18.9 Å². The fourth-order valence-electron chi connectivity index (χ4n) is 1.73. The Morgan fingerprint density at radius 1 is 0.850 bits per heavy atom. The molecule has 1 unspecified atom stereocenters. The molecule has 0 aliphatic carbocycles. The number of carbonyl (C=O) groups excluding carboxylic acids is 2. The molecule has 20 heavy (non-hydrogen) atoms. The van der Waals surface area contributed by atoms with Crippen LogP contribution in [-0.2, 0) is 28.4 Å². The summed E-state index contributed by atoms with van der Waals surface area (Å²) in [5, 5.41) is 0. The molecule has 0 radical (unpaired) electrons. The van der Waals surface area contributed by atoms with Crippen molar-refractivity contribution in [1.82, 2.24) is 0 Å². The lowest BCUT2D eigenvalue weighted by atomic mass is 10.3. The van der Waals surface area contributed by atoms with E-state index in [0.717, 1.165) is 12.8 Å². The van der Waals surface area contributed by atoms with Crippen LogP contribution < -0.4 is 0 Å². The maximum Gasteiger partial charge on any atom is 0.508 e. The van der Waals surface area contributed by atoms with Gasteiger partial charge in [0.05, 0.1) is 13.2 Å². The smallest absolute Gasteiger partial charge is 0.430 e. The minimum Gasteiger partial charge on any atom is -0.430 e. The van der Waals surface area contributed by atoms with Gasteiger partial charge in [-0.15, -0.1) is 0 Å². The van der Waals surface area contributed by atoms with Crippen LogP contribution in [0.4, 0.5) is 9.59 Å². The van der Waals surface area contributed by atoms with Gasteiger partial charge in [0, 0.05) is 13.2 Å². The minimum atomic E-state index is -0.636. The number of hydrogen-bond donors (Lipinski definition) is 0. The van der Waals surface area contributed by atoms with E-state index >= 15 is 0 Å². The van der Waals surface area contributed by atoms with E-state index in [-0.39, 0.29) is 25.4 Å². The minimum absolute atomic E-state index is 0.254. The SMILES string of the molecule is O=C1OCC(COCCCCOC[C@@H]2COC(=O)O2)O1. The first kappa shape index (κ1) is 14.9. The zero-order valence-corrected chi connectivity index (χ0v) is 11.1. The van der Waals surface area contributed by atoms with Gasteiger partial charge in [-0.2, -0.15) is 0 Å². The van der Waals surface area contributed by atoms with Crippen molar-refractivity contribution >= 4 is 12.3 Å². The molecule has 2 heterocycles. The average Bonchev–Trinajstić information content (AvgIpc) is 3.02. The van der Waals surface area contributed by atoms with E-state index in [9.17, 15) is 9.59 Å². The van der Waals surface area contributed by atoms with Gasteiger partial charge in [-0.25, -0.2) is 9.59 Å². The first-order valence-electron chi connectivity index (χ1n) is 6.56. The topological polar surface area (TPSA) is 89.5 Å². The summed E-state index contributed by atoms with van der Waals surface area (Å²) in [5.74, 6) is 0. The Morgan fingerprint density at radius 3 is 1.65 bits per heavy atom. The predicted octanol–water partition coefficient (Wildman–Crippen LogP) is 0.871. The van der Waals surface area contributed by atoms with Gasteiger partial charge in [0.15, 0.2) is 12.2 Å². The second-order valence-corrected chi connectivity index (χ2v) is 4.46. The van der Waals surface area contributed by atoms with E-state index < -0.39 is 12.3 Å². The summed E-state index contributed by atoms with van der Waals surface area (Å²) in [7, 11) is 0. The monoisotopic (exact) mass is 290 g/mol. The number of unbranched alkanes of at least 4 members (excludes halogenated alkanes) is 1. The molecule has 2 fully saturated rings. The molecule has 0 saturated carbocycles. The molecule has 0 aromatic carbocycles. The molecule has 0 amide bonds. The van der Waals surface area contributed by atoms with Crippen LogP contribution in [-0.4, -0.2) is 64.2 Å². The number of ether oxygens (including phenoxy) is 6. The molecule has 0 N–H and O–H groups in total. The van der Waals surface area contributed by atoms with E-state index in [1.165, 1.54) is 0 Å². The second kappa shape index (κ2) is 7.91. The molecule has 2 aliphatic heterocycles. The molecule has 2 aliphatic rings. The van der Waals surface area contributed by atoms with Gasteiger partial charge < -0.3 is 28.4 Å². The van der Waals surface area contributed by atoms with Crippen molar-refractivity contribution in [3.63, 3.8) is 0 Å². The number of hydrogen-bond acceptors (Lipinski definition) is 8. The third-order valence-corrected chi connectivity index (χ3v) is 2.73. The molecule has 2 saturated heterocycles. The average molecular weight is 290 g/mol. The Morgan fingerprint density at radius 2 is 1.30 bits per heavy atom. The van der Waals surface area contributed by atoms with E-state index in [0.29, 0.717) is 26.4 Å². The van der Waals surface area contributed by atoms with Crippen LogP contribution in [0.15, 0.2) is 0 Å². The highest BCUT2D eigenvalue weighted by Gasteiger charge is 2.25. The van der Waals surface area contributed by atoms with Gasteiger partial charge in [0.25, 0.3) is 0 Å². The largest absolute Gasteiger partial charge is 0.508 e. The Hall–Kier alpha value is -1.54. The number of rotatable bonds is 9. The zero-order chi connectivity index (χ0) is 14.2. The van der Waals surface area contributed by atoms with Crippen LogP contribution in [0.2, 0.25) is 0 Å². The van der Waals surface area contributed by atoms with Gasteiger partial charge >= 0.3 is 12.3 Å². The van der Waals surface area contributed by atoms with Crippen LogP contribution in [0.5, 0.6) is 0 Å². The highest BCUT2D eigenvalue weighted by molar-refractivity contribution is 5.62. The summed E-state index contributed by atoms with van der Waals surface area (Å²) in [6, 6.07) is 0. The van der Waals surface area contributed by atoms with Gasteiger partial charge in [-0.3, -0.25) is 0 Å². The van der Waals surface area contributed by atoms with Gasteiger partial charge in [0.1, 0.15) is 13.2 Å². The summed E-state index contributed by atoms with van der Waals surface area (Å²) in [6.45, 7) is 2.34. The second-order valence-electron chi connectivity index (χ2n) is 4.46. The van der Waals surface area contributed by atoms with Crippen molar-refractivity contribution in [3.05, 3.63) is 0 Å². The van der Waals surface area contributed by atoms with E-state index in [2.05, 4.69) is 9.47 Å². The summed E-state index contributed by atoms with van der Waals surface area (Å²) >= 11 is 0. The first-order chi connectivity index (χ1) is 9.74. The zero-order valence-electron chi connectivity index (χ0n) is 11.1. The quantitative estimate of drug-likeness (QED) is 0.456. The summed E-state index contributed by atoms with van der Waals surface area (Å²) in [5.41, 5.74) is 0. The molecule has 2 rings (SSSR count). The summed E-state index contributed by atoms with van der Waals surface area (Å²) in [6.07, 6.45) is -0.191. The van der Waals surface area contributed by atoms with Crippen molar-refractivity contribution in [2.24, 2.45) is 0 Å². The highest BCUT2D eigenvalue weighted by Crippen LogP contribution is 2.07. The Bertz CT molecular complexity index is 299. The molecule has 8 heteroatoms. The van der Waals surface area contributed by atoms with Crippen LogP contribution >= 0.6 is 0 Å². The molecule has 8 nitrogen and oxygen atoms in total. The van der Waals surface area contributed by atoms with Gasteiger partial charge in [0.2, 0.25) is 0 Å². The van der Waals surface area contributed by atoms with Crippen molar-refractivity contribution in [2.45, 2.75) is 25.0 Å². The molecule has 0 spiro atoms. The van der Waals surface area contributed by atoms with Crippen LogP contribution in [0.25, 0.3) is 0 Å². The van der Waals surface area contributed by atoms with E-state index in [1.807, 2.05) is 0 Å². The standard InChI is InChI=1S/C12H18O8/c13-11-17-7-9(19-11)5-15-3-1-2-4-16-6-10-8-18-12(14)20-10/h9-10H,1-8H2/t9-,10?/m1/s1. The molecule has 0 aromatic heterocycles. The normalized spacial score (nSPS) is 25.0. The lowest BCUT2D eigenvalue weighted by Crippen LogP contribution is -2.19. The van der Waals surface area contributed by atoms with Crippen molar-refractivity contribution in [3.8, 4) is 0 Å². The van der Waals surface area contributed by atoms with Crippen molar-refractivity contribution < 1.29 is 38.0 Å². The summed E-state index contributed by atoms with van der Waals surface area (Å²) < 4.78 is 29.6. The maximum atomic E-state index is 10.6. The third kappa shape index (κ3) is 5.22. The summed E-state index contributed by atoms with van der Waals surface area (Å²) in [4.78, 5) is 21.3. The number of cyclic esters (lactones) is 4. The Kier molecular flexibility index (Phi) is 5.87. The maximum absolute atomic E-state index is 10.6. The number of carbonyl (C=O) groups is 2. The van der Waals surface area contributed by atoms with E-state index in [1.54, 1.807) is 0 Å². The Balaban J connectivity index is 1.35. The molecule has 0 bridgehead atoms. The molecule has 0 aromatic rings. The van der Waals surface area contributed by atoms with Crippen molar-refractivity contribution in [1.29, 1.82) is 0 Å². The van der Waals surface area contributed by atoms with Crippen LogP contribution in [0.3, 0.4) is 0 Å². The third-order valence-electron chi connectivity index (χ3n) is 2.73. The van der Waals surface area contributed by atoms with Crippen LogP contribution in [0, 0.1) is 0 Å². The fraction of sp³-hybridized carbons (Fsp3) is 0.833. The molecular weight excluding hydrogens is 272 g/mol. The van der Waals surface area contributed by atoms with Gasteiger partial charge in [-0.1, -0.05) is 0 Å². The molecular formula is C12H18O8. The lowest BCUT2D eigenvalue weighted by Gasteiger charge is -2.09. The Labute approximate surface area is 116 Å².